The predicted octanol–water partition coefficient (Wildman–Crippen LogP) is 0.253. The van der Waals surface area contributed by atoms with Crippen molar-refractivity contribution in [3.05, 3.63) is 0 Å². The third-order valence-corrected chi connectivity index (χ3v) is 1.56. The van der Waals surface area contributed by atoms with Gasteiger partial charge >= 0.3 is 0 Å². The highest BCUT2D eigenvalue weighted by molar-refractivity contribution is 5.76. The van der Waals surface area contributed by atoms with Gasteiger partial charge in [0.25, 0.3) is 0 Å². The van der Waals surface area contributed by atoms with Crippen LogP contribution in [-0.4, -0.2) is 18.5 Å². The van der Waals surface area contributed by atoms with Crippen LogP contribution in [0.5, 0.6) is 0 Å². The first-order valence-corrected chi connectivity index (χ1v) is 4.16. The van der Waals surface area contributed by atoms with Gasteiger partial charge in [-0.15, -0.1) is 12.3 Å². The monoisotopic (exact) mass is 168 g/mol. The van der Waals surface area contributed by atoms with Crippen LogP contribution in [0.2, 0.25) is 0 Å². The van der Waals surface area contributed by atoms with E-state index in [-0.39, 0.29) is 11.9 Å². The molecule has 68 valence electrons. The molecule has 0 bridgehead atoms. The molecule has 0 heterocycles. The summed E-state index contributed by atoms with van der Waals surface area (Å²) in [4.78, 5) is 11.0. The normalized spacial score (nSPS) is 11.8. The van der Waals surface area contributed by atoms with E-state index in [0.29, 0.717) is 19.4 Å². The molecule has 1 amide bonds. The highest BCUT2D eigenvalue weighted by Crippen LogP contribution is 1.92. The number of hydrogen-bond acceptors (Lipinski definition) is 2. The first-order chi connectivity index (χ1) is 5.70. The first kappa shape index (κ1) is 11.0. The molecular formula is C9H16N2O. The Morgan fingerprint density at radius 2 is 2.42 bits per heavy atom. The van der Waals surface area contributed by atoms with Gasteiger partial charge < -0.3 is 11.1 Å². The van der Waals surface area contributed by atoms with Crippen molar-refractivity contribution < 1.29 is 4.79 Å². The third-order valence-electron chi connectivity index (χ3n) is 1.56. The van der Waals surface area contributed by atoms with Crippen molar-refractivity contribution >= 4 is 5.91 Å². The molecule has 12 heavy (non-hydrogen) atoms. The number of nitrogens with two attached hydrogens (primary N) is 1. The number of carbonyl (C=O) groups excluding carboxylic acids is 1. The highest BCUT2D eigenvalue weighted by atomic mass is 16.1. The summed E-state index contributed by atoms with van der Waals surface area (Å²) in [6, 6.07) is -0.0316. The number of hydrogen-bond donors (Lipinski definition) is 2. The summed E-state index contributed by atoms with van der Waals surface area (Å²) >= 11 is 0. The lowest BCUT2D eigenvalue weighted by molar-refractivity contribution is -0.121. The number of terminal acetylenes is 1. The van der Waals surface area contributed by atoms with Crippen LogP contribution in [0.3, 0.4) is 0 Å². The maximum absolute atomic E-state index is 11.0. The van der Waals surface area contributed by atoms with Crippen LogP contribution in [-0.2, 0) is 4.79 Å². The van der Waals surface area contributed by atoms with Crippen LogP contribution >= 0.6 is 0 Å². The smallest absolute Gasteiger partial charge is 0.221 e. The molecule has 1 atom stereocenters. The molecule has 0 radical (unpaired) electrons. The minimum atomic E-state index is -0.0316. The standard InChI is InChI=1S/C9H16N2O/c1-3-5-6-11-9(12)7-8(10)4-2/h1,8H,4-7,10H2,2H3,(H,11,12). The molecule has 1 unspecified atom stereocenters. The van der Waals surface area contributed by atoms with Gasteiger partial charge in [-0.1, -0.05) is 6.92 Å². The molecule has 0 aliphatic rings. The Morgan fingerprint density at radius 1 is 1.75 bits per heavy atom. The minimum Gasteiger partial charge on any atom is -0.355 e. The van der Waals surface area contributed by atoms with Crippen LogP contribution < -0.4 is 11.1 Å². The van der Waals surface area contributed by atoms with Gasteiger partial charge in [-0.25, -0.2) is 0 Å². The van der Waals surface area contributed by atoms with Gasteiger partial charge in [0, 0.05) is 25.4 Å². The fourth-order valence-corrected chi connectivity index (χ4v) is 0.729. The van der Waals surface area contributed by atoms with E-state index >= 15 is 0 Å². The molecule has 0 saturated carbocycles. The Kier molecular flexibility index (Phi) is 6.12. The summed E-state index contributed by atoms with van der Waals surface area (Å²) in [6.07, 6.45) is 6.80. The van der Waals surface area contributed by atoms with Gasteiger partial charge in [0.1, 0.15) is 0 Å². The Hall–Kier alpha value is -1.01. The largest absolute Gasteiger partial charge is 0.355 e. The van der Waals surface area contributed by atoms with Crippen molar-refractivity contribution in [3.8, 4) is 12.3 Å². The molecule has 3 N–H and O–H groups in total. The Balaban J connectivity index is 3.41. The van der Waals surface area contributed by atoms with Crippen LogP contribution in [0.1, 0.15) is 26.2 Å². The SMILES string of the molecule is C#CCCNC(=O)CC(N)CC. The van der Waals surface area contributed by atoms with Gasteiger partial charge in [0.05, 0.1) is 0 Å². The lowest BCUT2D eigenvalue weighted by atomic mass is 10.1. The van der Waals surface area contributed by atoms with Crippen molar-refractivity contribution in [2.75, 3.05) is 6.54 Å². The van der Waals surface area contributed by atoms with E-state index in [4.69, 9.17) is 12.2 Å². The summed E-state index contributed by atoms with van der Waals surface area (Å²) in [5, 5.41) is 2.69. The minimum absolute atomic E-state index is 0.0143. The zero-order valence-corrected chi connectivity index (χ0v) is 7.47. The summed E-state index contributed by atoms with van der Waals surface area (Å²) in [6.45, 7) is 2.51. The molecule has 0 aromatic heterocycles. The van der Waals surface area contributed by atoms with E-state index in [1.165, 1.54) is 0 Å². The van der Waals surface area contributed by atoms with Crippen LogP contribution in [0.4, 0.5) is 0 Å². The lowest BCUT2D eigenvalue weighted by Gasteiger charge is -2.07. The summed E-state index contributed by atoms with van der Waals surface area (Å²) in [5.74, 6) is 2.43. The summed E-state index contributed by atoms with van der Waals surface area (Å²) in [5.41, 5.74) is 5.58. The predicted molar refractivity (Wildman–Crippen MR) is 49.3 cm³/mol. The number of carbonyl (C=O) groups is 1. The zero-order chi connectivity index (χ0) is 9.40. The van der Waals surface area contributed by atoms with E-state index in [0.717, 1.165) is 6.42 Å². The van der Waals surface area contributed by atoms with Gasteiger partial charge in [-0.05, 0) is 6.42 Å². The second kappa shape index (κ2) is 6.68. The van der Waals surface area contributed by atoms with E-state index < -0.39 is 0 Å². The van der Waals surface area contributed by atoms with Gasteiger partial charge in [0.15, 0.2) is 0 Å². The molecule has 0 aliphatic heterocycles. The summed E-state index contributed by atoms with van der Waals surface area (Å²) in [7, 11) is 0. The van der Waals surface area contributed by atoms with Crippen molar-refractivity contribution in [2.45, 2.75) is 32.2 Å². The van der Waals surface area contributed by atoms with Crippen LogP contribution in [0.25, 0.3) is 0 Å². The van der Waals surface area contributed by atoms with Gasteiger partial charge in [-0.2, -0.15) is 0 Å². The van der Waals surface area contributed by atoms with Crippen molar-refractivity contribution in [1.82, 2.24) is 5.32 Å². The summed E-state index contributed by atoms with van der Waals surface area (Å²) < 4.78 is 0. The van der Waals surface area contributed by atoms with Crippen molar-refractivity contribution in [2.24, 2.45) is 5.73 Å². The molecular weight excluding hydrogens is 152 g/mol. The number of amides is 1. The maximum Gasteiger partial charge on any atom is 0.221 e. The van der Waals surface area contributed by atoms with E-state index in [2.05, 4.69) is 11.2 Å². The Morgan fingerprint density at radius 3 is 2.92 bits per heavy atom. The molecule has 0 rings (SSSR count). The van der Waals surface area contributed by atoms with E-state index in [9.17, 15) is 4.79 Å². The van der Waals surface area contributed by atoms with Crippen molar-refractivity contribution in [1.29, 1.82) is 0 Å². The van der Waals surface area contributed by atoms with Gasteiger partial charge in [-0.3, -0.25) is 4.79 Å². The molecule has 0 spiro atoms. The average Bonchev–Trinajstić information content (AvgIpc) is 2.05. The van der Waals surface area contributed by atoms with Gasteiger partial charge in [0.2, 0.25) is 5.91 Å². The third kappa shape index (κ3) is 5.75. The molecule has 0 aromatic carbocycles. The van der Waals surface area contributed by atoms with E-state index in [1.807, 2.05) is 6.92 Å². The fraction of sp³-hybridized carbons (Fsp3) is 0.667. The average molecular weight is 168 g/mol. The van der Waals surface area contributed by atoms with Crippen LogP contribution in [0.15, 0.2) is 0 Å². The second-order valence-corrected chi connectivity index (χ2v) is 2.68. The van der Waals surface area contributed by atoms with Crippen molar-refractivity contribution in [3.63, 3.8) is 0 Å². The molecule has 0 aliphatic carbocycles. The molecule has 0 fully saturated rings. The topological polar surface area (TPSA) is 55.1 Å². The highest BCUT2D eigenvalue weighted by Gasteiger charge is 2.05. The Bertz CT molecular complexity index is 172. The first-order valence-electron chi connectivity index (χ1n) is 4.16. The Labute approximate surface area is 73.7 Å². The number of nitrogens with one attached hydrogen (secondary N) is 1. The zero-order valence-electron chi connectivity index (χ0n) is 7.47. The van der Waals surface area contributed by atoms with E-state index in [1.54, 1.807) is 0 Å². The molecule has 0 aromatic rings. The second-order valence-electron chi connectivity index (χ2n) is 2.68. The molecule has 0 saturated heterocycles. The number of rotatable bonds is 5. The molecule has 3 heteroatoms. The maximum atomic E-state index is 11.0. The fourth-order valence-electron chi connectivity index (χ4n) is 0.729. The lowest BCUT2D eigenvalue weighted by Crippen LogP contribution is -2.31. The quantitative estimate of drug-likeness (QED) is 0.457. The molecule has 3 nitrogen and oxygen atoms in total. The van der Waals surface area contributed by atoms with Crippen LogP contribution in [0, 0.1) is 12.3 Å².